The molecule has 1 aliphatic rings. The second-order valence-electron chi connectivity index (χ2n) is 5.66. The van der Waals surface area contributed by atoms with Crippen molar-refractivity contribution in [3.8, 4) is 5.75 Å². The normalized spacial score (nSPS) is 16.4. The Kier molecular flexibility index (Phi) is 6.59. The standard InChI is InChI=1S/C16H24N2O5S/c1-23-14-7-6-13(16(20)17-8-11-19)12-15(14)24(21,22)18-9-4-2-3-5-10-18/h6-7,12,19H,2-5,8-11H2,1H3,(H,17,20). The lowest BCUT2D eigenvalue weighted by Gasteiger charge is -2.21. The number of carbonyl (C=O) groups is 1. The lowest BCUT2D eigenvalue weighted by molar-refractivity contribution is 0.0944. The molecular formula is C16H24N2O5S. The van der Waals surface area contributed by atoms with Gasteiger partial charge in [0, 0.05) is 25.2 Å². The van der Waals surface area contributed by atoms with Crippen molar-refractivity contribution in [2.45, 2.75) is 30.6 Å². The fourth-order valence-corrected chi connectivity index (χ4v) is 4.41. The molecule has 1 amide bonds. The highest BCUT2D eigenvalue weighted by Crippen LogP contribution is 2.29. The summed E-state index contributed by atoms with van der Waals surface area (Å²) >= 11 is 0. The molecule has 1 saturated heterocycles. The molecule has 2 N–H and O–H groups in total. The number of methoxy groups -OCH3 is 1. The molecule has 24 heavy (non-hydrogen) atoms. The summed E-state index contributed by atoms with van der Waals surface area (Å²) in [5.74, 6) is -0.211. The van der Waals surface area contributed by atoms with Crippen molar-refractivity contribution in [2.24, 2.45) is 0 Å². The van der Waals surface area contributed by atoms with Gasteiger partial charge in [0.05, 0.1) is 13.7 Å². The largest absolute Gasteiger partial charge is 0.495 e. The number of carbonyl (C=O) groups excluding carboxylic acids is 1. The molecule has 134 valence electrons. The fourth-order valence-electron chi connectivity index (χ4n) is 2.71. The van der Waals surface area contributed by atoms with Gasteiger partial charge in [0.2, 0.25) is 10.0 Å². The third-order valence-electron chi connectivity index (χ3n) is 4.01. The number of hydrogen-bond donors (Lipinski definition) is 2. The van der Waals surface area contributed by atoms with Gasteiger partial charge in [-0.25, -0.2) is 8.42 Å². The Hall–Kier alpha value is -1.64. The lowest BCUT2D eigenvalue weighted by atomic mass is 10.2. The SMILES string of the molecule is COc1ccc(C(=O)NCCO)cc1S(=O)(=O)N1CCCCCC1. The van der Waals surface area contributed by atoms with Gasteiger partial charge < -0.3 is 15.2 Å². The number of benzene rings is 1. The molecule has 1 aliphatic heterocycles. The number of hydrogen-bond acceptors (Lipinski definition) is 5. The van der Waals surface area contributed by atoms with Gasteiger partial charge in [-0.3, -0.25) is 4.79 Å². The van der Waals surface area contributed by atoms with Gasteiger partial charge in [-0.05, 0) is 31.0 Å². The molecule has 8 heteroatoms. The Morgan fingerprint density at radius 3 is 2.50 bits per heavy atom. The van der Waals surface area contributed by atoms with Gasteiger partial charge in [0.15, 0.2) is 0 Å². The molecule has 1 fully saturated rings. The first-order valence-electron chi connectivity index (χ1n) is 8.08. The van der Waals surface area contributed by atoms with Crippen LogP contribution in [0.4, 0.5) is 0 Å². The van der Waals surface area contributed by atoms with Crippen LogP contribution in [-0.2, 0) is 10.0 Å². The molecule has 1 aromatic rings. The van der Waals surface area contributed by atoms with Crippen molar-refractivity contribution in [1.29, 1.82) is 0 Å². The maximum absolute atomic E-state index is 13.0. The van der Waals surface area contributed by atoms with Gasteiger partial charge in [0.25, 0.3) is 5.91 Å². The van der Waals surface area contributed by atoms with Crippen molar-refractivity contribution < 1.29 is 23.1 Å². The summed E-state index contributed by atoms with van der Waals surface area (Å²) in [6.07, 6.45) is 3.70. The Morgan fingerprint density at radius 1 is 1.25 bits per heavy atom. The highest BCUT2D eigenvalue weighted by atomic mass is 32.2. The summed E-state index contributed by atoms with van der Waals surface area (Å²) in [6, 6.07) is 4.33. The minimum atomic E-state index is -3.73. The summed E-state index contributed by atoms with van der Waals surface area (Å²) in [6.45, 7) is 0.888. The Balaban J connectivity index is 2.37. The number of ether oxygens (including phenoxy) is 1. The molecule has 2 rings (SSSR count). The highest BCUT2D eigenvalue weighted by Gasteiger charge is 2.29. The van der Waals surface area contributed by atoms with Crippen LogP contribution in [0.15, 0.2) is 23.1 Å². The van der Waals surface area contributed by atoms with E-state index in [0.29, 0.717) is 13.1 Å². The Labute approximate surface area is 142 Å². The van der Waals surface area contributed by atoms with Crippen molar-refractivity contribution in [3.63, 3.8) is 0 Å². The van der Waals surface area contributed by atoms with Crippen molar-refractivity contribution in [3.05, 3.63) is 23.8 Å². The molecule has 7 nitrogen and oxygen atoms in total. The van der Waals surface area contributed by atoms with Gasteiger partial charge in [0.1, 0.15) is 10.6 Å². The van der Waals surface area contributed by atoms with Crippen molar-refractivity contribution in [1.82, 2.24) is 9.62 Å². The summed E-state index contributed by atoms with van der Waals surface area (Å²) in [5.41, 5.74) is 0.220. The van der Waals surface area contributed by atoms with Crippen LogP contribution in [0.25, 0.3) is 0 Å². The van der Waals surface area contributed by atoms with Crippen LogP contribution in [0.1, 0.15) is 36.0 Å². The maximum Gasteiger partial charge on any atom is 0.251 e. The second kappa shape index (κ2) is 8.46. The predicted molar refractivity (Wildman–Crippen MR) is 89.6 cm³/mol. The van der Waals surface area contributed by atoms with Crippen LogP contribution >= 0.6 is 0 Å². The molecule has 1 aromatic carbocycles. The van der Waals surface area contributed by atoms with Gasteiger partial charge in [-0.1, -0.05) is 12.8 Å². The van der Waals surface area contributed by atoms with E-state index in [9.17, 15) is 13.2 Å². The maximum atomic E-state index is 13.0. The van der Waals surface area contributed by atoms with E-state index in [0.717, 1.165) is 25.7 Å². The van der Waals surface area contributed by atoms with Crippen LogP contribution in [0, 0.1) is 0 Å². The van der Waals surface area contributed by atoms with E-state index in [2.05, 4.69) is 5.32 Å². The first kappa shape index (κ1) is 18.7. The van der Waals surface area contributed by atoms with Crippen molar-refractivity contribution >= 4 is 15.9 Å². The molecule has 0 bridgehead atoms. The first-order chi connectivity index (χ1) is 11.5. The predicted octanol–water partition coefficient (Wildman–Crippen LogP) is 0.982. The molecule has 0 spiro atoms. The highest BCUT2D eigenvalue weighted by molar-refractivity contribution is 7.89. The number of aliphatic hydroxyl groups is 1. The monoisotopic (exact) mass is 356 g/mol. The lowest BCUT2D eigenvalue weighted by Crippen LogP contribution is -2.32. The molecule has 0 atom stereocenters. The van der Waals surface area contributed by atoms with Gasteiger partial charge in [-0.2, -0.15) is 4.31 Å². The third kappa shape index (κ3) is 4.25. The van der Waals surface area contributed by atoms with E-state index < -0.39 is 15.9 Å². The number of rotatable bonds is 6. The number of nitrogens with zero attached hydrogens (tertiary/aromatic N) is 1. The number of sulfonamides is 1. The van der Waals surface area contributed by atoms with Crippen LogP contribution in [0.3, 0.4) is 0 Å². The van der Waals surface area contributed by atoms with Crippen LogP contribution in [-0.4, -0.2) is 57.1 Å². The van der Waals surface area contributed by atoms with Gasteiger partial charge >= 0.3 is 0 Å². The molecule has 0 radical (unpaired) electrons. The van der Waals surface area contributed by atoms with E-state index >= 15 is 0 Å². The quantitative estimate of drug-likeness (QED) is 0.792. The third-order valence-corrected chi connectivity index (χ3v) is 5.93. The number of amides is 1. The first-order valence-corrected chi connectivity index (χ1v) is 9.52. The van der Waals surface area contributed by atoms with E-state index in [4.69, 9.17) is 9.84 Å². The summed E-state index contributed by atoms with van der Waals surface area (Å²) in [7, 11) is -2.32. The van der Waals surface area contributed by atoms with Crippen LogP contribution in [0.5, 0.6) is 5.75 Å². The molecular weight excluding hydrogens is 332 g/mol. The minimum absolute atomic E-state index is 0.00329. The zero-order valence-corrected chi connectivity index (χ0v) is 14.6. The average molecular weight is 356 g/mol. The summed E-state index contributed by atoms with van der Waals surface area (Å²) < 4.78 is 32.6. The molecule has 1 heterocycles. The van der Waals surface area contributed by atoms with Gasteiger partial charge in [-0.15, -0.1) is 0 Å². The topological polar surface area (TPSA) is 95.9 Å². The van der Waals surface area contributed by atoms with E-state index in [-0.39, 0.29) is 29.4 Å². The summed E-state index contributed by atoms with van der Waals surface area (Å²) in [4.78, 5) is 12.0. The second-order valence-corrected chi connectivity index (χ2v) is 7.57. The fraction of sp³-hybridized carbons (Fsp3) is 0.562. The van der Waals surface area contributed by atoms with E-state index in [1.165, 1.54) is 29.6 Å². The molecule has 0 aromatic heterocycles. The number of nitrogens with one attached hydrogen (secondary N) is 1. The smallest absolute Gasteiger partial charge is 0.251 e. The zero-order valence-electron chi connectivity index (χ0n) is 13.8. The molecule has 0 aliphatic carbocycles. The van der Waals surface area contributed by atoms with E-state index in [1.807, 2.05) is 0 Å². The Morgan fingerprint density at radius 2 is 1.92 bits per heavy atom. The summed E-state index contributed by atoms with van der Waals surface area (Å²) in [5, 5.41) is 11.3. The zero-order chi connectivity index (χ0) is 17.6. The minimum Gasteiger partial charge on any atom is -0.495 e. The number of aliphatic hydroxyl groups excluding tert-OH is 1. The van der Waals surface area contributed by atoms with Crippen LogP contribution in [0.2, 0.25) is 0 Å². The van der Waals surface area contributed by atoms with Crippen LogP contribution < -0.4 is 10.1 Å². The molecule has 0 unspecified atom stereocenters. The van der Waals surface area contributed by atoms with E-state index in [1.54, 1.807) is 0 Å². The molecule has 0 saturated carbocycles. The average Bonchev–Trinajstić information content (AvgIpc) is 2.89. The Bertz CT molecular complexity index is 667. The van der Waals surface area contributed by atoms with Crippen molar-refractivity contribution in [2.75, 3.05) is 33.4 Å².